The fourth-order valence-electron chi connectivity index (χ4n) is 3.03. The number of rotatable bonds is 8. The first-order valence-corrected chi connectivity index (χ1v) is 9.01. The number of hydrogen-bond acceptors (Lipinski definition) is 5. The number of carboxylic acid groups (broad SMARTS) is 1. The van der Waals surface area contributed by atoms with E-state index in [1.165, 1.54) is 4.90 Å². The largest absolute Gasteiger partial charge is 0.494 e. The molecule has 0 saturated heterocycles. The minimum atomic E-state index is -1.00. The van der Waals surface area contributed by atoms with Crippen molar-refractivity contribution in [2.75, 3.05) is 25.0 Å². The van der Waals surface area contributed by atoms with Crippen molar-refractivity contribution >= 4 is 17.7 Å². The van der Waals surface area contributed by atoms with E-state index in [4.69, 9.17) is 9.84 Å². The van der Waals surface area contributed by atoms with Gasteiger partial charge >= 0.3 is 5.97 Å². The number of ether oxygens (including phenoxy) is 1. The van der Waals surface area contributed by atoms with E-state index in [9.17, 15) is 9.59 Å². The number of aryl methyl sites for hydroxylation is 1. The number of amides is 1. The molecule has 0 unspecified atom stereocenters. The van der Waals surface area contributed by atoms with Crippen LogP contribution in [0.25, 0.3) is 0 Å². The lowest BCUT2D eigenvalue weighted by atomic mass is 10.0. The summed E-state index contributed by atoms with van der Waals surface area (Å²) in [5, 5.41) is 12.2. The number of anilines is 1. The number of aliphatic carboxylic acids is 1. The Morgan fingerprint density at radius 1 is 1.22 bits per heavy atom. The number of benzene rings is 1. The third-order valence-electron chi connectivity index (χ3n) is 4.39. The van der Waals surface area contributed by atoms with Crippen LogP contribution in [-0.2, 0) is 22.6 Å². The van der Waals surface area contributed by atoms with E-state index >= 15 is 0 Å². The topological polar surface area (TPSA) is 91.8 Å². The van der Waals surface area contributed by atoms with Crippen molar-refractivity contribution in [3.63, 3.8) is 0 Å². The lowest BCUT2D eigenvalue weighted by molar-refractivity contribution is -0.144. The SMILES string of the molecule is O=C(O)CN1Cc2cc(OCCCNc3ccccn3)ccc2CCC1=O. The molecule has 1 aliphatic heterocycles. The fraction of sp³-hybridized carbons (Fsp3) is 0.350. The minimum absolute atomic E-state index is 0.128. The molecule has 2 N–H and O–H groups in total. The highest BCUT2D eigenvalue weighted by molar-refractivity contribution is 5.82. The number of nitrogens with zero attached hydrogens (tertiary/aromatic N) is 2. The zero-order valence-corrected chi connectivity index (χ0v) is 15.1. The Labute approximate surface area is 158 Å². The summed E-state index contributed by atoms with van der Waals surface area (Å²) in [6, 6.07) is 11.5. The summed E-state index contributed by atoms with van der Waals surface area (Å²) < 4.78 is 5.81. The van der Waals surface area contributed by atoms with E-state index in [1.807, 2.05) is 36.4 Å². The van der Waals surface area contributed by atoms with Crippen LogP contribution in [0.3, 0.4) is 0 Å². The number of pyridine rings is 1. The second-order valence-corrected chi connectivity index (χ2v) is 6.42. The molecular formula is C20H23N3O4. The molecule has 7 nitrogen and oxygen atoms in total. The van der Waals surface area contributed by atoms with Gasteiger partial charge in [0.25, 0.3) is 0 Å². The Kier molecular flexibility index (Phi) is 6.25. The number of carboxylic acids is 1. The standard InChI is InChI=1S/C20H23N3O4/c24-19-8-6-15-5-7-17(12-16(15)13-23(19)14-20(25)26)27-11-3-10-22-18-4-1-2-9-21-18/h1-2,4-5,7,9,12H,3,6,8,10-11,13-14H2,(H,21,22)(H,25,26). The molecule has 1 amide bonds. The van der Waals surface area contributed by atoms with Crippen LogP contribution in [0, 0.1) is 0 Å². The highest BCUT2D eigenvalue weighted by Crippen LogP contribution is 2.24. The van der Waals surface area contributed by atoms with Crippen LogP contribution in [0.15, 0.2) is 42.6 Å². The number of nitrogens with one attached hydrogen (secondary N) is 1. The van der Waals surface area contributed by atoms with Crippen molar-refractivity contribution in [3.05, 3.63) is 53.7 Å². The van der Waals surface area contributed by atoms with Gasteiger partial charge in [0.05, 0.1) is 6.61 Å². The van der Waals surface area contributed by atoms with Gasteiger partial charge in [0.1, 0.15) is 18.1 Å². The van der Waals surface area contributed by atoms with Crippen LogP contribution >= 0.6 is 0 Å². The Morgan fingerprint density at radius 2 is 2.11 bits per heavy atom. The number of hydrogen-bond donors (Lipinski definition) is 2. The van der Waals surface area contributed by atoms with E-state index in [2.05, 4.69) is 10.3 Å². The molecule has 2 heterocycles. The van der Waals surface area contributed by atoms with E-state index < -0.39 is 5.97 Å². The summed E-state index contributed by atoms with van der Waals surface area (Å²) in [6.45, 7) is 1.33. The lowest BCUT2D eigenvalue weighted by Crippen LogP contribution is -2.34. The maximum Gasteiger partial charge on any atom is 0.323 e. The first-order valence-electron chi connectivity index (χ1n) is 9.01. The van der Waals surface area contributed by atoms with Gasteiger partial charge in [0.2, 0.25) is 5.91 Å². The van der Waals surface area contributed by atoms with Gasteiger partial charge in [-0.1, -0.05) is 12.1 Å². The Bertz CT molecular complexity index is 795. The first-order chi connectivity index (χ1) is 13.1. The summed E-state index contributed by atoms with van der Waals surface area (Å²) in [5.74, 6) is 0.443. The fourth-order valence-corrected chi connectivity index (χ4v) is 3.03. The number of carbonyl (C=O) groups is 2. The normalized spacial score (nSPS) is 13.6. The molecule has 0 radical (unpaired) electrons. The molecule has 1 aromatic heterocycles. The summed E-state index contributed by atoms with van der Waals surface area (Å²) in [4.78, 5) is 28.6. The molecule has 7 heteroatoms. The van der Waals surface area contributed by atoms with Crippen LogP contribution in [0.1, 0.15) is 24.0 Å². The second kappa shape index (κ2) is 9.02. The molecule has 0 atom stereocenters. The molecule has 0 saturated carbocycles. The van der Waals surface area contributed by atoms with Crippen LogP contribution in [0.5, 0.6) is 5.75 Å². The van der Waals surface area contributed by atoms with Crippen molar-refractivity contribution in [2.24, 2.45) is 0 Å². The molecule has 0 aliphatic carbocycles. The predicted molar refractivity (Wildman–Crippen MR) is 101 cm³/mol. The molecule has 0 bridgehead atoms. The molecule has 3 rings (SSSR count). The maximum atomic E-state index is 12.1. The van der Waals surface area contributed by atoms with Crippen molar-refractivity contribution in [2.45, 2.75) is 25.8 Å². The van der Waals surface area contributed by atoms with E-state index in [-0.39, 0.29) is 12.5 Å². The van der Waals surface area contributed by atoms with E-state index in [1.54, 1.807) is 6.20 Å². The third kappa shape index (κ3) is 5.44. The number of aromatic nitrogens is 1. The van der Waals surface area contributed by atoms with E-state index in [0.29, 0.717) is 26.0 Å². The van der Waals surface area contributed by atoms with Crippen molar-refractivity contribution in [3.8, 4) is 5.75 Å². The first kappa shape index (κ1) is 18.7. The zero-order valence-electron chi connectivity index (χ0n) is 15.1. The van der Waals surface area contributed by atoms with Gasteiger partial charge in [0, 0.05) is 25.7 Å². The third-order valence-corrected chi connectivity index (χ3v) is 4.39. The Hall–Kier alpha value is -3.09. The van der Waals surface area contributed by atoms with Gasteiger partial charge < -0.3 is 20.1 Å². The van der Waals surface area contributed by atoms with Gasteiger partial charge in [-0.15, -0.1) is 0 Å². The smallest absolute Gasteiger partial charge is 0.323 e. The van der Waals surface area contributed by atoms with Crippen LogP contribution in [-0.4, -0.2) is 46.6 Å². The summed E-state index contributed by atoms with van der Waals surface area (Å²) in [5.41, 5.74) is 2.02. The Morgan fingerprint density at radius 3 is 2.89 bits per heavy atom. The van der Waals surface area contributed by atoms with Gasteiger partial charge in [-0.2, -0.15) is 0 Å². The minimum Gasteiger partial charge on any atom is -0.494 e. The average Bonchev–Trinajstić information content (AvgIpc) is 2.81. The summed E-state index contributed by atoms with van der Waals surface area (Å²) in [6.07, 6.45) is 3.52. The van der Waals surface area contributed by atoms with Crippen LogP contribution < -0.4 is 10.1 Å². The molecule has 1 aromatic carbocycles. The van der Waals surface area contributed by atoms with E-state index in [0.717, 1.165) is 35.7 Å². The number of fused-ring (bicyclic) bond motifs is 1. The summed E-state index contributed by atoms with van der Waals surface area (Å²) >= 11 is 0. The van der Waals surface area contributed by atoms with Gasteiger partial charge in [0.15, 0.2) is 0 Å². The van der Waals surface area contributed by atoms with Crippen LogP contribution in [0.2, 0.25) is 0 Å². The molecule has 1 aliphatic rings. The molecular weight excluding hydrogens is 346 g/mol. The quantitative estimate of drug-likeness (QED) is 0.694. The van der Waals surface area contributed by atoms with Gasteiger partial charge in [-0.25, -0.2) is 4.98 Å². The second-order valence-electron chi connectivity index (χ2n) is 6.42. The molecule has 0 spiro atoms. The van der Waals surface area contributed by atoms with Gasteiger partial charge in [-0.05, 0) is 48.2 Å². The van der Waals surface area contributed by atoms with Gasteiger partial charge in [-0.3, -0.25) is 9.59 Å². The highest BCUT2D eigenvalue weighted by atomic mass is 16.5. The average molecular weight is 369 g/mol. The summed E-state index contributed by atoms with van der Waals surface area (Å²) in [7, 11) is 0. The Balaban J connectivity index is 1.52. The van der Waals surface area contributed by atoms with Crippen molar-refractivity contribution < 1.29 is 19.4 Å². The maximum absolute atomic E-state index is 12.1. The number of carbonyl (C=O) groups excluding carboxylic acids is 1. The molecule has 2 aromatic rings. The predicted octanol–water partition coefficient (Wildman–Crippen LogP) is 2.32. The monoisotopic (exact) mass is 369 g/mol. The molecule has 0 fully saturated rings. The molecule has 27 heavy (non-hydrogen) atoms. The zero-order chi connectivity index (χ0) is 19.1. The highest BCUT2D eigenvalue weighted by Gasteiger charge is 2.22. The van der Waals surface area contributed by atoms with Crippen molar-refractivity contribution in [1.82, 2.24) is 9.88 Å². The van der Waals surface area contributed by atoms with Crippen LogP contribution in [0.4, 0.5) is 5.82 Å². The van der Waals surface area contributed by atoms with Crippen molar-refractivity contribution in [1.29, 1.82) is 0 Å². The lowest BCUT2D eigenvalue weighted by Gasteiger charge is -2.19. The molecule has 142 valence electrons.